The second kappa shape index (κ2) is 8.52. The molecule has 0 aromatic heterocycles. The monoisotopic (exact) mass is 401 g/mol. The maximum Gasteiger partial charge on any atom is 0.253 e. The lowest BCUT2D eigenvalue weighted by atomic mass is 9.94. The third-order valence-corrected chi connectivity index (χ3v) is 5.48. The molecule has 132 valence electrons. The van der Waals surface area contributed by atoms with Gasteiger partial charge in [0.05, 0.1) is 4.47 Å². The first-order chi connectivity index (χ1) is 12.1. The Morgan fingerprint density at radius 1 is 1.12 bits per heavy atom. The van der Waals surface area contributed by atoms with Crippen LogP contribution in [0.4, 0.5) is 0 Å². The van der Waals surface area contributed by atoms with Gasteiger partial charge in [0.2, 0.25) is 0 Å². The van der Waals surface area contributed by atoms with E-state index in [1.54, 1.807) is 0 Å². The summed E-state index contributed by atoms with van der Waals surface area (Å²) in [6.45, 7) is 0.509. The van der Waals surface area contributed by atoms with Gasteiger partial charge in [-0.2, -0.15) is 0 Å². The van der Waals surface area contributed by atoms with Gasteiger partial charge in [-0.05, 0) is 52.5 Å². The predicted octanol–water partition coefficient (Wildman–Crippen LogP) is 5.43. The van der Waals surface area contributed by atoms with Crippen molar-refractivity contribution < 1.29 is 9.53 Å². The number of carbonyl (C=O) groups excluding carboxylic acids is 1. The van der Waals surface area contributed by atoms with Crippen molar-refractivity contribution in [1.82, 2.24) is 4.90 Å². The van der Waals surface area contributed by atoms with Crippen LogP contribution in [0.2, 0.25) is 0 Å². The molecular weight excluding hydrogens is 378 g/mol. The molecule has 1 aliphatic carbocycles. The largest absolute Gasteiger partial charge is 0.488 e. The standard InChI is InChI=1S/C21H24BrNO2/c1-23(18-10-6-3-7-11-18)21(24)17-12-13-20(19(22)14-17)25-15-16-8-4-2-5-9-16/h2,4-5,8-9,12-14,18H,3,6-7,10-11,15H2,1H3. The molecule has 3 nitrogen and oxygen atoms in total. The number of nitrogens with zero attached hydrogens (tertiary/aromatic N) is 1. The number of hydrogen-bond donors (Lipinski definition) is 0. The quantitative estimate of drug-likeness (QED) is 0.667. The predicted molar refractivity (Wildman–Crippen MR) is 104 cm³/mol. The zero-order chi connectivity index (χ0) is 17.6. The van der Waals surface area contributed by atoms with Crippen LogP contribution in [0.15, 0.2) is 53.0 Å². The molecule has 3 rings (SSSR count). The third-order valence-electron chi connectivity index (χ3n) is 4.86. The second-order valence-electron chi connectivity index (χ2n) is 6.63. The topological polar surface area (TPSA) is 29.5 Å². The minimum atomic E-state index is 0.0854. The van der Waals surface area contributed by atoms with Crippen molar-refractivity contribution in [2.75, 3.05) is 7.05 Å². The van der Waals surface area contributed by atoms with Crippen LogP contribution < -0.4 is 4.74 Å². The molecule has 1 aliphatic rings. The van der Waals surface area contributed by atoms with Crippen LogP contribution >= 0.6 is 15.9 Å². The molecule has 1 amide bonds. The Morgan fingerprint density at radius 3 is 2.52 bits per heavy atom. The molecule has 0 heterocycles. The Balaban J connectivity index is 1.65. The molecule has 0 spiro atoms. The van der Waals surface area contributed by atoms with Crippen molar-refractivity contribution in [3.63, 3.8) is 0 Å². The molecule has 0 atom stereocenters. The van der Waals surface area contributed by atoms with Crippen LogP contribution in [0, 0.1) is 0 Å². The van der Waals surface area contributed by atoms with Crippen LogP contribution in [0.5, 0.6) is 5.75 Å². The summed E-state index contributed by atoms with van der Waals surface area (Å²) in [5.74, 6) is 0.836. The summed E-state index contributed by atoms with van der Waals surface area (Å²) in [5.41, 5.74) is 1.82. The van der Waals surface area contributed by atoms with Crippen molar-refractivity contribution >= 4 is 21.8 Å². The molecule has 0 saturated heterocycles. The fraction of sp³-hybridized carbons (Fsp3) is 0.381. The number of rotatable bonds is 5. The minimum Gasteiger partial charge on any atom is -0.488 e. The first-order valence-electron chi connectivity index (χ1n) is 8.88. The highest BCUT2D eigenvalue weighted by Crippen LogP contribution is 2.28. The van der Waals surface area contributed by atoms with E-state index in [1.807, 2.05) is 60.5 Å². The van der Waals surface area contributed by atoms with Gasteiger partial charge in [-0.3, -0.25) is 4.79 Å². The normalized spacial score (nSPS) is 15.0. The van der Waals surface area contributed by atoms with E-state index in [2.05, 4.69) is 15.9 Å². The summed E-state index contributed by atoms with van der Waals surface area (Å²) >= 11 is 3.54. The molecule has 0 aliphatic heterocycles. The van der Waals surface area contributed by atoms with Gasteiger partial charge in [-0.25, -0.2) is 0 Å². The number of amides is 1. The van der Waals surface area contributed by atoms with Gasteiger partial charge >= 0.3 is 0 Å². The maximum absolute atomic E-state index is 12.8. The molecule has 2 aromatic rings. The van der Waals surface area contributed by atoms with E-state index in [0.29, 0.717) is 18.2 Å². The molecule has 0 radical (unpaired) electrons. The van der Waals surface area contributed by atoms with Gasteiger partial charge in [0.15, 0.2) is 0 Å². The molecule has 4 heteroatoms. The molecular formula is C21H24BrNO2. The van der Waals surface area contributed by atoms with Crippen LogP contribution in [-0.4, -0.2) is 23.9 Å². The molecule has 1 fully saturated rings. The lowest BCUT2D eigenvalue weighted by Gasteiger charge is -2.31. The summed E-state index contributed by atoms with van der Waals surface area (Å²) in [5, 5.41) is 0. The summed E-state index contributed by atoms with van der Waals surface area (Å²) in [6, 6.07) is 16.0. The molecule has 0 bridgehead atoms. The highest BCUT2D eigenvalue weighted by atomic mass is 79.9. The average molecular weight is 402 g/mol. The van der Waals surface area contributed by atoms with Crippen molar-refractivity contribution in [2.24, 2.45) is 0 Å². The fourth-order valence-corrected chi connectivity index (χ4v) is 3.82. The summed E-state index contributed by atoms with van der Waals surface area (Å²) in [6.07, 6.45) is 5.96. The zero-order valence-electron chi connectivity index (χ0n) is 14.6. The SMILES string of the molecule is CN(C(=O)c1ccc(OCc2ccccc2)c(Br)c1)C1CCCCC1. The number of ether oxygens (including phenoxy) is 1. The van der Waals surface area contributed by atoms with E-state index < -0.39 is 0 Å². The lowest BCUT2D eigenvalue weighted by Crippen LogP contribution is -2.38. The van der Waals surface area contributed by atoms with Gasteiger partial charge in [0, 0.05) is 18.7 Å². The Hall–Kier alpha value is -1.81. The van der Waals surface area contributed by atoms with E-state index in [1.165, 1.54) is 19.3 Å². The Bertz CT molecular complexity index is 711. The Labute approximate surface area is 158 Å². The van der Waals surface area contributed by atoms with E-state index in [9.17, 15) is 4.79 Å². The van der Waals surface area contributed by atoms with Gasteiger partial charge in [0.25, 0.3) is 5.91 Å². The van der Waals surface area contributed by atoms with Crippen LogP contribution in [-0.2, 0) is 6.61 Å². The first kappa shape index (κ1) is 18.0. The first-order valence-corrected chi connectivity index (χ1v) is 9.68. The summed E-state index contributed by atoms with van der Waals surface area (Å²) < 4.78 is 6.67. The van der Waals surface area contributed by atoms with Crippen LogP contribution in [0.3, 0.4) is 0 Å². The number of carbonyl (C=O) groups is 1. The van der Waals surface area contributed by atoms with Crippen molar-refractivity contribution in [3.8, 4) is 5.75 Å². The molecule has 25 heavy (non-hydrogen) atoms. The second-order valence-corrected chi connectivity index (χ2v) is 7.48. The van der Waals surface area contributed by atoms with Crippen LogP contribution in [0.25, 0.3) is 0 Å². The smallest absolute Gasteiger partial charge is 0.253 e. The number of halogens is 1. The Kier molecular flexibility index (Phi) is 6.14. The van der Waals surface area contributed by atoms with Crippen LogP contribution in [0.1, 0.15) is 48.0 Å². The Morgan fingerprint density at radius 2 is 1.84 bits per heavy atom. The zero-order valence-corrected chi connectivity index (χ0v) is 16.2. The van der Waals surface area contributed by atoms with E-state index in [4.69, 9.17) is 4.74 Å². The van der Waals surface area contributed by atoms with E-state index in [0.717, 1.165) is 28.6 Å². The molecule has 1 saturated carbocycles. The molecule has 2 aromatic carbocycles. The van der Waals surface area contributed by atoms with E-state index in [-0.39, 0.29) is 5.91 Å². The van der Waals surface area contributed by atoms with Gasteiger partial charge in [-0.1, -0.05) is 49.6 Å². The highest BCUT2D eigenvalue weighted by molar-refractivity contribution is 9.10. The highest BCUT2D eigenvalue weighted by Gasteiger charge is 2.23. The molecule has 0 unspecified atom stereocenters. The van der Waals surface area contributed by atoms with Gasteiger partial charge < -0.3 is 9.64 Å². The number of hydrogen-bond acceptors (Lipinski definition) is 2. The number of benzene rings is 2. The lowest BCUT2D eigenvalue weighted by molar-refractivity contribution is 0.0696. The average Bonchev–Trinajstić information content (AvgIpc) is 2.67. The van der Waals surface area contributed by atoms with Crippen molar-refractivity contribution in [3.05, 3.63) is 64.1 Å². The minimum absolute atomic E-state index is 0.0854. The summed E-state index contributed by atoms with van der Waals surface area (Å²) in [4.78, 5) is 14.7. The fourth-order valence-electron chi connectivity index (χ4n) is 3.32. The summed E-state index contributed by atoms with van der Waals surface area (Å²) in [7, 11) is 1.92. The van der Waals surface area contributed by atoms with Gasteiger partial charge in [0.1, 0.15) is 12.4 Å². The maximum atomic E-state index is 12.8. The van der Waals surface area contributed by atoms with Crippen molar-refractivity contribution in [1.29, 1.82) is 0 Å². The molecule has 0 N–H and O–H groups in total. The third kappa shape index (κ3) is 4.63. The van der Waals surface area contributed by atoms with E-state index >= 15 is 0 Å². The van der Waals surface area contributed by atoms with Gasteiger partial charge in [-0.15, -0.1) is 0 Å². The van der Waals surface area contributed by atoms with Crippen molar-refractivity contribution in [2.45, 2.75) is 44.8 Å².